The molecule has 9 nitrogen and oxygen atoms in total. The number of aliphatic hydroxyl groups is 1. The number of hydrazine groups is 1. The van der Waals surface area contributed by atoms with E-state index in [9.17, 15) is 9.90 Å². The molecule has 2 heterocycles. The number of hydrogen-bond donors (Lipinski definition) is 3. The normalized spacial score (nSPS) is 22.4. The number of carbonyl (C=O) groups is 1. The number of carbonyl (C=O) groups excluding carboxylic acids is 1. The Labute approximate surface area is 239 Å². The summed E-state index contributed by atoms with van der Waals surface area (Å²) in [5, 5.41) is 16.4. The molecule has 210 valence electrons. The van der Waals surface area contributed by atoms with E-state index in [1.54, 1.807) is 7.11 Å². The number of nitrogens with one attached hydrogen (secondary N) is 2. The van der Waals surface area contributed by atoms with Crippen LogP contribution >= 0.6 is 11.9 Å². The fraction of sp³-hybridized carbons (Fsp3) is 0.519. The number of methoxy groups -OCH3 is 1. The predicted molar refractivity (Wildman–Crippen MR) is 141 cm³/mol. The van der Waals surface area contributed by atoms with Gasteiger partial charge >= 0.3 is 240 Å². The van der Waals surface area contributed by atoms with E-state index in [0.717, 1.165) is 27.2 Å². The molecular weight excluding hydrogens is 621 g/mol. The second-order valence-electron chi connectivity index (χ2n) is 9.65. The van der Waals surface area contributed by atoms with Crippen molar-refractivity contribution in [2.75, 3.05) is 33.4 Å². The molecule has 3 N–H and O–H groups in total. The molecule has 1 amide bonds. The Morgan fingerprint density at radius 1 is 1.16 bits per heavy atom. The first-order valence-corrected chi connectivity index (χ1v) is 15.9. The van der Waals surface area contributed by atoms with E-state index < -0.39 is 37.5 Å². The molecule has 0 radical (unpaired) electrons. The van der Waals surface area contributed by atoms with E-state index >= 15 is 0 Å². The van der Waals surface area contributed by atoms with Crippen molar-refractivity contribution in [3.05, 3.63) is 58.2 Å². The van der Waals surface area contributed by atoms with Crippen LogP contribution in [0, 0.1) is 15.4 Å². The third-order valence-electron chi connectivity index (χ3n) is 6.16. The van der Waals surface area contributed by atoms with Crippen LogP contribution in [0.2, 0.25) is 0 Å². The average molecular weight is 659 g/mol. The summed E-state index contributed by atoms with van der Waals surface area (Å²) in [6.07, 6.45) is -1.14. The van der Waals surface area contributed by atoms with Crippen LogP contribution in [0.3, 0.4) is 0 Å². The Morgan fingerprint density at radius 2 is 1.92 bits per heavy atom. The first-order chi connectivity index (χ1) is 18.4. The van der Waals surface area contributed by atoms with Crippen LogP contribution in [0.25, 0.3) is 0 Å². The van der Waals surface area contributed by atoms with Crippen molar-refractivity contribution in [2.24, 2.45) is 11.8 Å². The topological polar surface area (TPSA) is 102 Å². The van der Waals surface area contributed by atoms with Crippen molar-refractivity contribution < 1.29 is 50.1 Å². The van der Waals surface area contributed by atoms with Gasteiger partial charge in [0.2, 0.25) is 0 Å². The quantitative estimate of drug-likeness (QED) is 0.0923. The number of fused-ring (bicyclic) bond motifs is 1. The van der Waals surface area contributed by atoms with Gasteiger partial charge in [-0.25, -0.2) is 0 Å². The average Bonchev–Trinajstić information content (AvgIpc) is 3.53. The molecule has 2 aromatic carbocycles. The summed E-state index contributed by atoms with van der Waals surface area (Å²) < 4.78 is 22.8. The fourth-order valence-corrected chi connectivity index (χ4v) is 7.63. The molecule has 2 fully saturated rings. The number of alkyl carbamates (subject to hydrolysis) is 1. The van der Waals surface area contributed by atoms with Crippen LogP contribution < -0.4 is 36.1 Å². The predicted octanol–water partition coefficient (Wildman–Crippen LogP) is 0.298. The van der Waals surface area contributed by atoms with E-state index in [0.29, 0.717) is 25.7 Å². The van der Waals surface area contributed by atoms with Gasteiger partial charge in [-0.1, -0.05) is 0 Å². The van der Waals surface area contributed by atoms with Gasteiger partial charge in [0.25, 0.3) is 0 Å². The first-order valence-electron chi connectivity index (χ1n) is 12.8. The number of nitrogens with zero attached hydrogens (tertiary/aromatic N) is 1. The summed E-state index contributed by atoms with van der Waals surface area (Å²) in [4.78, 5) is 17.4. The molecule has 4 rings (SSSR count). The Kier molecular flexibility index (Phi) is 11.4. The van der Waals surface area contributed by atoms with Crippen molar-refractivity contribution in [1.82, 2.24) is 15.2 Å². The van der Waals surface area contributed by atoms with Gasteiger partial charge in [-0.2, -0.15) is 0 Å². The molecule has 1 unspecified atom stereocenters. The van der Waals surface area contributed by atoms with E-state index in [1.807, 2.05) is 59.6 Å². The Balaban J connectivity index is 1.39. The molecule has 2 aromatic rings. The van der Waals surface area contributed by atoms with Crippen molar-refractivity contribution in [3.63, 3.8) is 0 Å². The maximum atomic E-state index is 13.0. The molecule has 38 heavy (non-hydrogen) atoms. The van der Waals surface area contributed by atoms with E-state index in [2.05, 4.69) is 24.0 Å². The standard InChI is InChI=1S/C27H37IN3O6S/c1-18(2)15-31(30-38-21-11-9-20(34-3)10-12-21)16-23(32)25(28-19-7-5-4-6-8-19)29-27(33)37-24-17-36-26-22(24)13-14-35-26/h4-12,18,22-26,30,32H,13-17H2,1-3H3,(H,29,33)/q-1/t22?,23-,24+,25-,26-/m1/s1. The van der Waals surface area contributed by atoms with Crippen LogP contribution in [0.4, 0.5) is 4.79 Å². The van der Waals surface area contributed by atoms with Gasteiger partial charge in [-0.3, -0.25) is 0 Å². The van der Waals surface area contributed by atoms with Gasteiger partial charge in [0.15, 0.2) is 0 Å². The van der Waals surface area contributed by atoms with Crippen LogP contribution in [0.15, 0.2) is 59.5 Å². The molecular formula is C27H37IN3O6S-. The number of alkyl halides is 1. The van der Waals surface area contributed by atoms with Gasteiger partial charge < -0.3 is 0 Å². The number of hydrogen-bond acceptors (Lipinski definition) is 9. The summed E-state index contributed by atoms with van der Waals surface area (Å²) >= 11 is 0.722. The van der Waals surface area contributed by atoms with E-state index in [-0.39, 0.29) is 18.3 Å². The van der Waals surface area contributed by atoms with Gasteiger partial charge in [-0.15, -0.1) is 0 Å². The molecule has 0 bridgehead atoms. The van der Waals surface area contributed by atoms with Crippen molar-refractivity contribution in [1.29, 1.82) is 0 Å². The maximum absolute atomic E-state index is 13.0. The number of ether oxygens (including phenoxy) is 4. The SMILES string of the molecule is COc1ccc(SNN(CC(C)C)C[C@@H](O)[C@@H](NC(=O)O[C@H]2CO[C@H]3OCCC32)[I-]c2ccccc2)cc1. The second-order valence-corrected chi connectivity index (χ2v) is 13.7. The summed E-state index contributed by atoms with van der Waals surface area (Å²) in [6.45, 7) is 6.27. The van der Waals surface area contributed by atoms with Crippen LogP contribution in [-0.4, -0.2) is 72.2 Å². The molecule has 5 atom stereocenters. The van der Waals surface area contributed by atoms with Crippen LogP contribution in [0.5, 0.6) is 5.75 Å². The first kappa shape index (κ1) is 29.4. The molecule has 0 aromatic heterocycles. The molecule has 2 aliphatic heterocycles. The molecule has 0 spiro atoms. The van der Waals surface area contributed by atoms with Gasteiger partial charge in [-0.05, 0) is 0 Å². The number of amides is 1. The number of rotatable bonds is 13. The monoisotopic (exact) mass is 658 g/mol. The molecule has 0 aliphatic carbocycles. The second kappa shape index (κ2) is 14.7. The summed E-state index contributed by atoms with van der Waals surface area (Å²) in [5.74, 6) is 1.23. The van der Waals surface area contributed by atoms with E-state index in [4.69, 9.17) is 18.9 Å². The van der Waals surface area contributed by atoms with Gasteiger partial charge in [0, 0.05) is 0 Å². The van der Waals surface area contributed by atoms with Gasteiger partial charge in [0.05, 0.1) is 0 Å². The number of aliphatic hydroxyl groups excluding tert-OH is 1. The Morgan fingerprint density at radius 3 is 2.63 bits per heavy atom. The van der Waals surface area contributed by atoms with Crippen molar-refractivity contribution >= 4 is 18.0 Å². The third kappa shape index (κ3) is 8.70. The zero-order valence-corrected chi connectivity index (χ0v) is 24.9. The van der Waals surface area contributed by atoms with E-state index in [1.165, 1.54) is 11.9 Å². The zero-order valence-electron chi connectivity index (χ0n) is 21.9. The Hall–Kier alpha value is -1.61. The van der Waals surface area contributed by atoms with Crippen LogP contribution in [-0.2, 0) is 14.2 Å². The van der Waals surface area contributed by atoms with Crippen molar-refractivity contribution in [3.8, 4) is 5.75 Å². The van der Waals surface area contributed by atoms with Crippen molar-refractivity contribution in [2.45, 2.75) is 47.7 Å². The number of halogens is 1. The summed E-state index contributed by atoms with van der Waals surface area (Å²) in [6, 6.07) is 17.8. The minimum absolute atomic E-state index is 0.0636. The molecule has 11 heteroatoms. The minimum atomic E-state index is -0.805. The summed E-state index contributed by atoms with van der Waals surface area (Å²) in [5.41, 5.74) is 0. The van der Waals surface area contributed by atoms with Gasteiger partial charge in [0.1, 0.15) is 0 Å². The number of benzene rings is 2. The third-order valence-corrected chi connectivity index (χ3v) is 10.3. The molecule has 2 aliphatic rings. The fourth-order valence-electron chi connectivity index (χ4n) is 4.32. The zero-order chi connectivity index (χ0) is 26.9. The Bertz CT molecular complexity index is 1000. The molecule has 0 saturated carbocycles. The van der Waals surface area contributed by atoms with Crippen LogP contribution in [0.1, 0.15) is 20.3 Å². The summed E-state index contributed by atoms with van der Waals surface area (Å²) in [7, 11) is 1.64. The molecule has 2 saturated heterocycles.